The summed E-state index contributed by atoms with van der Waals surface area (Å²) in [5, 5.41) is 9.44. The second kappa shape index (κ2) is 5.25. The van der Waals surface area contributed by atoms with Crippen LogP contribution in [0, 0.1) is 5.92 Å². The van der Waals surface area contributed by atoms with Crippen LogP contribution in [0.3, 0.4) is 0 Å². The molecular weight excluding hydrogens is 212 g/mol. The molecule has 3 N–H and O–H groups in total. The largest absolute Gasteiger partial charge is 0.394 e. The third-order valence-electron chi connectivity index (χ3n) is 4.80. The molecule has 3 nitrogen and oxygen atoms in total. The van der Waals surface area contributed by atoms with Gasteiger partial charge in [-0.05, 0) is 51.4 Å². The first-order valence-corrected chi connectivity index (χ1v) is 7.19. The fourth-order valence-electron chi connectivity index (χ4n) is 3.62. The summed E-state index contributed by atoms with van der Waals surface area (Å²) < 4.78 is 0. The number of aliphatic hydroxyl groups excluding tert-OH is 1. The van der Waals surface area contributed by atoms with Gasteiger partial charge < -0.3 is 10.8 Å². The first-order valence-electron chi connectivity index (χ1n) is 7.19. The van der Waals surface area contributed by atoms with E-state index in [1.165, 1.54) is 32.2 Å². The lowest BCUT2D eigenvalue weighted by molar-refractivity contribution is 0.0267. The molecule has 0 aromatic rings. The van der Waals surface area contributed by atoms with E-state index in [0.29, 0.717) is 12.1 Å². The molecule has 3 heteroatoms. The molecule has 2 rings (SSSR count). The lowest BCUT2D eigenvalue weighted by atomic mass is 9.78. The van der Waals surface area contributed by atoms with Gasteiger partial charge in [0.25, 0.3) is 0 Å². The van der Waals surface area contributed by atoms with E-state index in [1.54, 1.807) is 0 Å². The molecule has 1 aliphatic heterocycles. The van der Waals surface area contributed by atoms with Gasteiger partial charge in [-0.15, -0.1) is 0 Å². The molecule has 2 aliphatic rings. The van der Waals surface area contributed by atoms with Crippen LogP contribution in [-0.2, 0) is 0 Å². The van der Waals surface area contributed by atoms with Crippen molar-refractivity contribution < 1.29 is 5.11 Å². The second-order valence-corrected chi connectivity index (χ2v) is 6.50. The third kappa shape index (κ3) is 3.01. The molecule has 0 aromatic heterocycles. The minimum atomic E-state index is -0.316. The molecule has 1 saturated heterocycles. The van der Waals surface area contributed by atoms with E-state index < -0.39 is 0 Å². The highest BCUT2D eigenvalue weighted by atomic mass is 16.3. The Morgan fingerprint density at radius 3 is 2.76 bits per heavy atom. The van der Waals surface area contributed by atoms with E-state index in [0.717, 1.165) is 18.8 Å². The Hall–Kier alpha value is -0.120. The Morgan fingerprint density at radius 1 is 1.29 bits per heavy atom. The lowest BCUT2D eigenvalue weighted by Gasteiger charge is -2.47. The van der Waals surface area contributed by atoms with Gasteiger partial charge in [0, 0.05) is 24.2 Å². The third-order valence-corrected chi connectivity index (χ3v) is 4.80. The van der Waals surface area contributed by atoms with Crippen LogP contribution in [0.5, 0.6) is 0 Å². The predicted molar refractivity (Wildman–Crippen MR) is 70.8 cm³/mol. The quantitative estimate of drug-likeness (QED) is 0.773. The molecule has 1 heterocycles. The Kier molecular flexibility index (Phi) is 4.11. The number of nitrogens with two attached hydrogens (primary N) is 1. The van der Waals surface area contributed by atoms with Crippen molar-refractivity contribution in [2.75, 3.05) is 13.2 Å². The fourth-order valence-corrected chi connectivity index (χ4v) is 3.62. The number of hydrogen-bond donors (Lipinski definition) is 2. The number of aliphatic hydroxyl groups is 1. The minimum Gasteiger partial charge on any atom is -0.394 e. The maximum absolute atomic E-state index is 9.44. The molecule has 0 amide bonds. The summed E-state index contributed by atoms with van der Waals surface area (Å²) in [5.74, 6) is 0.814. The first-order chi connectivity index (χ1) is 8.04. The molecule has 0 bridgehead atoms. The summed E-state index contributed by atoms with van der Waals surface area (Å²) in [5.41, 5.74) is 5.94. The zero-order chi connectivity index (χ0) is 12.5. The van der Waals surface area contributed by atoms with Crippen LogP contribution in [0.1, 0.15) is 52.4 Å². The Bertz CT molecular complexity index is 259. The van der Waals surface area contributed by atoms with E-state index in [1.807, 2.05) is 0 Å². The summed E-state index contributed by atoms with van der Waals surface area (Å²) in [6.07, 6.45) is 7.06. The van der Waals surface area contributed by atoms with Gasteiger partial charge in [-0.3, -0.25) is 4.90 Å². The topological polar surface area (TPSA) is 49.5 Å². The van der Waals surface area contributed by atoms with Crippen molar-refractivity contribution in [3.8, 4) is 0 Å². The number of rotatable bonds is 2. The monoisotopic (exact) mass is 240 g/mol. The molecule has 0 spiro atoms. The number of nitrogens with zero attached hydrogens (tertiary/aromatic N) is 1. The predicted octanol–water partition coefficient (Wildman–Crippen LogP) is 1.74. The molecular formula is C14H28N2O. The van der Waals surface area contributed by atoms with Gasteiger partial charge in [0.1, 0.15) is 0 Å². The smallest absolute Gasteiger partial charge is 0.0611 e. The standard InChI is InChI=1S/C14H28N2O/c1-11-5-6-12(2)16(9-11)13-4-3-7-14(15,8-13)10-17/h11-13,17H,3-10,15H2,1-2H3. The molecule has 1 saturated carbocycles. The average molecular weight is 240 g/mol. The van der Waals surface area contributed by atoms with Crippen molar-refractivity contribution in [3.63, 3.8) is 0 Å². The van der Waals surface area contributed by atoms with Crippen LogP contribution >= 0.6 is 0 Å². The summed E-state index contributed by atoms with van der Waals surface area (Å²) >= 11 is 0. The van der Waals surface area contributed by atoms with Gasteiger partial charge in [0.2, 0.25) is 0 Å². The van der Waals surface area contributed by atoms with Gasteiger partial charge in [-0.25, -0.2) is 0 Å². The molecule has 4 unspecified atom stereocenters. The van der Waals surface area contributed by atoms with Gasteiger partial charge in [-0.2, -0.15) is 0 Å². The lowest BCUT2D eigenvalue weighted by Crippen LogP contribution is -2.56. The van der Waals surface area contributed by atoms with Crippen LogP contribution in [0.15, 0.2) is 0 Å². The Balaban J connectivity index is 2.00. The Morgan fingerprint density at radius 2 is 2.06 bits per heavy atom. The molecule has 1 aliphatic carbocycles. The fraction of sp³-hybridized carbons (Fsp3) is 1.00. The van der Waals surface area contributed by atoms with Crippen LogP contribution < -0.4 is 5.73 Å². The number of piperidine rings is 1. The van der Waals surface area contributed by atoms with E-state index >= 15 is 0 Å². The summed E-state index contributed by atoms with van der Waals surface area (Å²) in [4.78, 5) is 2.66. The molecule has 2 fully saturated rings. The van der Waals surface area contributed by atoms with E-state index in [2.05, 4.69) is 18.7 Å². The van der Waals surface area contributed by atoms with Gasteiger partial charge >= 0.3 is 0 Å². The maximum Gasteiger partial charge on any atom is 0.0611 e. The SMILES string of the molecule is CC1CCC(C)N(C2CCCC(N)(CO)C2)C1. The van der Waals surface area contributed by atoms with E-state index in [-0.39, 0.29) is 12.1 Å². The van der Waals surface area contributed by atoms with Crippen molar-refractivity contribution in [3.05, 3.63) is 0 Å². The summed E-state index contributed by atoms with van der Waals surface area (Å²) in [7, 11) is 0. The first kappa shape index (κ1) is 13.3. The van der Waals surface area contributed by atoms with E-state index in [4.69, 9.17) is 5.73 Å². The van der Waals surface area contributed by atoms with Crippen molar-refractivity contribution in [2.24, 2.45) is 11.7 Å². The van der Waals surface area contributed by atoms with Crippen molar-refractivity contribution >= 4 is 0 Å². The van der Waals surface area contributed by atoms with Gasteiger partial charge in [0.15, 0.2) is 0 Å². The van der Waals surface area contributed by atoms with E-state index in [9.17, 15) is 5.11 Å². The highest BCUT2D eigenvalue weighted by molar-refractivity contribution is 4.95. The second-order valence-electron chi connectivity index (χ2n) is 6.50. The average Bonchev–Trinajstić information content (AvgIpc) is 2.32. The van der Waals surface area contributed by atoms with Crippen molar-refractivity contribution in [2.45, 2.75) is 70.0 Å². The van der Waals surface area contributed by atoms with Crippen LogP contribution in [-0.4, -0.2) is 40.8 Å². The van der Waals surface area contributed by atoms with Crippen LogP contribution in [0.2, 0.25) is 0 Å². The Labute approximate surface area is 105 Å². The number of likely N-dealkylation sites (tertiary alicyclic amines) is 1. The molecule has 0 aromatic carbocycles. The van der Waals surface area contributed by atoms with Crippen LogP contribution in [0.4, 0.5) is 0 Å². The molecule has 0 radical (unpaired) electrons. The summed E-state index contributed by atoms with van der Waals surface area (Å²) in [6, 6.07) is 1.29. The van der Waals surface area contributed by atoms with Gasteiger partial charge in [0.05, 0.1) is 6.61 Å². The van der Waals surface area contributed by atoms with Crippen molar-refractivity contribution in [1.82, 2.24) is 4.90 Å². The normalized spacial score (nSPS) is 44.8. The molecule has 17 heavy (non-hydrogen) atoms. The zero-order valence-corrected chi connectivity index (χ0v) is 11.4. The number of hydrogen-bond acceptors (Lipinski definition) is 3. The summed E-state index contributed by atoms with van der Waals surface area (Å²) in [6.45, 7) is 6.05. The molecule has 4 atom stereocenters. The zero-order valence-electron chi connectivity index (χ0n) is 11.4. The minimum absolute atomic E-state index is 0.140. The highest BCUT2D eigenvalue weighted by Crippen LogP contribution is 2.33. The van der Waals surface area contributed by atoms with Crippen LogP contribution in [0.25, 0.3) is 0 Å². The molecule has 100 valence electrons. The van der Waals surface area contributed by atoms with Gasteiger partial charge in [-0.1, -0.05) is 6.92 Å². The van der Waals surface area contributed by atoms with Crippen molar-refractivity contribution in [1.29, 1.82) is 0 Å². The maximum atomic E-state index is 9.44. The highest BCUT2D eigenvalue weighted by Gasteiger charge is 2.37.